The number of ether oxygens (including phenoxy) is 1. The predicted octanol–water partition coefficient (Wildman–Crippen LogP) is 3.91. The van der Waals surface area contributed by atoms with E-state index >= 15 is 0 Å². The number of aromatic nitrogens is 2. The molecule has 2 N–H and O–H groups in total. The lowest BCUT2D eigenvalue weighted by molar-refractivity contribution is -0.140. The number of nitrogens with one attached hydrogen (secondary N) is 2. The Bertz CT molecular complexity index is 1400. The molecule has 0 atom stereocenters. The Labute approximate surface area is 226 Å². The van der Waals surface area contributed by atoms with Crippen LogP contribution in [0.4, 0.5) is 27.6 Å². The molecule has 13 heteroatoms. The quantitative estimate of drug-likeness (QED) is 0.189. The number of alkyl halides is 3. The van der Waals surface area contributed by atoms with Gasteiger partial charge in [0.2, 0.25) is 6.41 Å². The predicted molar refractivity (Wildman–Crippen MR) is 135 cm³/mol. The van der Waals surface area contributed by atoms with Gasteiger partial charge in [-0.05, 0) is 36.8 Å². The number of imidazole rings is 1. The zero-order valence-electron chi connectivity index (χ0n) is 21.0. The first-order valence-electron chi connectivity index (χ1n) is 12.2. The molecule has 2 amide bonds. The highest BCUT2D eigenvalue weighted by molar-refractivity contribution is 6.05. The van der Waals surface area contributed by atoms with Gasteiger partial charge >= 0.3 is 12.1 Å². The number of aromatic amines is 1. The van der Waals surface area contributed by atoms with E-state index in [4.69, 9.17) is 4.74 Å². The number of rotatable bonds is 8. The Morgan fingerprint density at radius 1 is 1.10 bits per heavy atom. The topological polar surface area (TPSA) is 90.6 Å². The van der Waals surface area contributed by atoms with E-state index in [0.717, 1.165) is 38.2 Å². The van der Waals surface area contributed by atoms with Crippen LogP contribution in [0.3, 0.4) is 0 Å². The van der Waals surface area contributed by atoms with Crippen molar-refractivity contribution in [1.29, 1.82) is 0 Å². The van der Waals surface area contributed by atoms with Crippen LogP contribution in [-0.2, 0) is 15.8 Å². The molecule has 3 aromatic rings. The highest BCUT2D eigenvalue weighted by Crippen LogP contribution is 2.33. The van der Waals surface area contributed by atoms with Crippen molar-refractivity contribution in [2.45, 2.75) is 12.6 Å². The maximum atomic E-state index is 13.4. The van der Waals surface area contributed by atoms with Crippen LogP contribution in [0.5, 0.6) is 5.75 Å². The van der Waals surface area contributed by atoms with E-state index in [0.29, 0.717) is 31.8 Å². The second kappa shape index (κ2) is 12.6. The van der Waals surface area contributed by atoms with Gasteiger partial charge in [-0.1, -0.05) is 5.92 Å². The maximum Gasteiger partial charge on any atom is 0.432 e. The highest BCUT2D eigenvalue weighted by atomic mass is 19.4. The molecule has 0 unspecified atom stereocenters. The third kappa shape index (κ3) is 7.79. The molecule has 1 aliphatic rings. The molecule has 0 saturated carbocycles. The summed E-state index contributed by atoms with van der Waals surface area (Å²) in [5.41, 5.74) is -0.726. The number of H-pyrrole nitrogens is 1. The lowest BCUT2D eigenvalue weighted by Crippen LogP contribution is -2.46. The van der Waals surface area contributed by atoms with Crippen molar-refractivity contribution in [3.8, 4) is 29.0 Å². The molecule has 0 aliphatic carbocycles. The summed E-state index contributed by atoms with van der Waals surface area (Å²) in [4.78, 5) is 33.3. The molecule has 1 aromatic heterocycles. The molecule has 0 bridgehead atoms. The Morgan fingerprint density at radius 3 is 2.48 bits per heavy atom. The monoisotopic (exact) mass is 561 g/mol. The van der Waals surface area contributed by atoms with Crippen LogP contribution >= 0.6 is 0 Å². The lowest BCUT2D eigenvalue weighted by Gasteiger charge is -2.32. The molecule has 0 radical (unpaired) electrons. The van der Waals surface area contributed by atoms with E-state index in [-0.39, 0.29) is 35.0 Å². The molecule has 40 heavy (non-hydrogen) atoms. The van der Waals surface area contributed by atoms with E-state index in [1.807, 2.05) is 0 Å². The van der Waals surface area contributed by atoms with Crippen molar-refractivity contribution < 1.29 is 36.3 Å². The summed E-state index contributed by atoms with van der Waals surface area (Å²) in [5, 5.41) is 2.52. The van der Waals surface area contributed by atoms with Crippen LogP contribution < -0.4 is 10.1 Å². The van der Waals surface area contributed by atoms with Gasteiger partial charge < -0.3 is 19.9 Å². The first-order chi connectivity index (χ1) is 19.1. The number of hydrogen-bond acceptors (Lipinski definition) is 5. The summed E-state index contributed by atoms with van der Waals surface area (Å²) in [5.74, 6) is 2.23. The number of anilines is 1. The number of nitrogens with zero attached hydrogens (tertiary/aromatic N) is 3. The Balaban J connectivity index is 1.48. The normalized spacial score (nSPS) is 13.9. The lowest BCUT2D eigenvalue weighted by atomic mass is 10.1. The molecular weight excluding hydrogens is 537 g/mol. The summed E-state index contributed by atoms with van der Waals surface area (Å²) in [6.45, 7) is 3.76. The standard InChI is InChI=1S/C27H24F5N5O3/c28-20-12-18(13-21(29)15-20)2-5-25(39)34-22-14-19(26-33-16-24(35-26)27(30,31)32)3-4-23(22)40-11-1-6-36-7-9-37(17-38)10-8-36/h3-4,12-17H,1,6-11H2,(H,33,35)(H,34,39). The molecule has 2 heterocycles. The fourth-order valence-electron chi connectivity index (χ4n) is 3.98. The van der Waals surface area contributed by atoms with Crippen molar-refractivity contribution in [2.24, 2.45) is 0 Å². The van der Waals surface area contributed by atoms with E-state index in [1.54, 1.807) is 4.90 Å². The van der Waals surface area contributed by atoms with Gasteiger partial charge in [0.1, 0.15) is 28.9 Å². The van der Waals surface area contributed by atoms with Gasteiger partial charge in [-0.15, -0.1) is 0 Å². The fourth-order valence-corrected chi connectivity index (χ4v) is 3.98. The molecular formula is C27H24F5N5O3. The Hall–Kier alpha value is -4.44. The van der Waals surface area contributed by atoms with Crippen molar-refractivity contribution >= 4 is 18.0 Å². The highest BCUT2D eigenvalue weighted by Gasteiger charge is 2.33. The number of amides is 2. The number of benzene rings is 2. The summed E-state index contributed by atoms with van der Waals surface area (Å²) in [6.07, 6.45) is -2.49. The Kier molecular flexibility index (Phi) is 9.00. The molecule has 1 saturated heterocycles. The smallest absolute Gasteiger partial charge is 0.432 e. The van der Waals surface area contributed by atoms with E-state index < -0.39 is 29.4 Å². The fraction of sp³-hybridized carbons (Fsp3) is 0.296. The van der Waals surface area contributed by atoms with Crippen LogP contribution in [0.2, 0.25) is 0 Å². The first kappa shape index (κ1) is 28.6. The molecule has 1 aliphatic heterocycles. The Morgan fingerprint density at radius 2 is 1.82 bits per heavy atom. The van der Waals surface area contributed by atoms with Gasteiger partial charge in [0.15, 0.2) is 0 Å². The number of halogens is 5. The second-order valence-electron chi connectivity index (χ2n) is 8.90. The average molecular weight is 562 g/mol. The SMILES string of the molecule is O=CN1CCN(CCCOc2ccc(-c3ncc(C(F)(F)F)[nH]3)cc2NC(=O)C#Cc2cc(F)cc(F)c2)CC1. The first-order valence-corrected chi connectivity index (χ1v) is 12.2. The van der Waals surface area contributed by atoms with Crippen molar-refractivity contribution in [2.75, 3.05) is 44.6 Å². The minimum Gasteiger partial charge on any atom is -0.491 e. The molecule has 8 nitrogen and oxygen atoms in total. The number of carbonyl (C=O) groups excluding carboxylic acids is 2. The zero-order valence-corrected chi connectivity index (χ0v) is 21.0. The third-order valence-electron chi connectivity index (χ3n) is 6.00. The minimum atomic E-state index is -4.61. The molecule has 4 rings (SSSR count). The van der Waals surface area contributed by atoms with Crippen LogP contribution in [0.25, 0.3) is 11.4 Å². The van der Waals surface area contributed by atoms with Crippen LogP contribution in [0, 0.1) is 23.5 Å². The van der Waals surface area contributed by atoms with Gasteiger partial charge in [-0.3, -0.25) is 14.5 Å². The summed E-state index contributed by atoms with van der Waals surface area (Å²) in [7, 11) is 0. The minimum absolute atomic E-state index is 0.0536. The average Bonchev–Trinajstić information content (AvgIpc) is 3.42. The van der Waals surface area contributed by atoms with Crippen LogP contribution in [0.15, 0.2) is 42.6 Å². The van der Waals surface area contributed by atoms with Gasteiger partial charge in [0.05, 0.1) is 18.5 Å². The summed E-state index contributed by atoms with van der Waals surface area (Å²) in [6, 6.07) is 6.96. The molecule has 210 valence electrons. The molecule has 1 fully saturated rings. The number of piperazine rings is 1. The van der Waals surface area contributed by atoms with Crippen LogP contribution in [0.1, 0.15) is 17.7 Å². The van der Waals surface area contributed by atoms with Gasteiger partial charge in [0.25, 0.3) is 0 Å². The molecule has 0 spiro atoms. The van der Waals surface area contributed by atoms with Crippen molar-refractivity contribution in [1.82, 2.24) is 19.8 Å². The van der Waals surface area contributed by atoms with Gasteiger partial charge in [-0.25, -0.2) is 13.8 Å². The summed E-state index contributed by atoms with van der Waals surface area (Å²) >= 11 is 0. The van der Waals surface area contributed by atoms with Gasteiger partial charge in [0, 0.05) is 55.8 Å². The number of carbonyl (C=O) groups is 2. The number of hydrogen-bond donors (Lipinski definition) is 2. The third-order valence-corrected chi connectivity index (χ3v) is 6.00. The summed E-state index contributed by atoms with van der Waals surface area (Å²) < 4.78 is 71.7. The zero-order chi connectivity index (χ0) is 28.7. The van der Waals surface area contributed by atoms with E-state index in [1.165, 1.54) is 18.2 Å². The van der Waals surface area contributed by atoms with Gasteiger partial charge in [-0.2, -0.15) is 13.2 Å². The van der Waals surface area contributed by atoms with E-state index in [9.17, 15) is 31.5 Å². The second-order valence-corrected chi connectivity index (χ2v) is 8.90. The van der Waals surface area contributed by atoms with Crippen molar-refractivity contribution in [3.05, 3.63) is 65.5 Å². The van der Waals surface area contributed by atoms with Crippen LogP contribution in [-0.4, -0.2) is 71.4 Å². The maximum absolute atomic E-state index is 13.4. The van der Waals surface area contributed by atoms with E-state index in [2.05, 4.69) is 32.0 Å². The largest absolute Gasteiger partial charge is 0.491 e. The van der Waals surface area contributed by atoms with Crippen molar-refractivity contribution in [3.63, 3.8) is 0 Å². The molecule has 2 aromatic carbocycles.